The fraction of sp³-hybridized carbons (Fsp3) is 0. The molecule has 29 heavy (non-hydrogen) atoms. The highest BCUT2D eigenvalue weighted by Crippen LogP contribution is 2.33. The molecule has 0 saturated carbocycles. The van der Waals surface area contributed by atoms with Gasteiger partial charge in [0.25, 0.3) is 11.6 Å². The van der Waals surface area contributed by atoms with Crippen molar-refractivity contribution in [2.75, 3.05) is 0 Å². The number of carbonyl (C=O) groups excluding carboxylic acids is 1. The molecule has 2 aromatic carbocycles. The third-order valence-corrected chi connectivity index (χ3v) is 4.88. The maximum atomic E-state index is 13.0. The molecule has 3 aromatic rings. The highest BCUT2D eigenvalue weighted by molar-refractivity contribution is 8.18. The Balaban J connectivity index is 1.57. The maximum Gasteiger partial charge on any atom is 0.280 e. The van der Waals surface area contributed by atoms with Crippen LogP contribution in [0.3, 0.4) is 0 Å². The van der Waals surface area contributed by atoms with Gasteiger partial charge in [-0.1, -0.05) is 12.1 Å². The number of para-hydroxylation sites is 1. The SMILES string of the molecule is O=C1NC(=Nc2ccc(F)cc2)SC1=Cc1ccc(-c2ccccc2[N+](=O)[O-])o1. The lowest BCUT2D eigenvalue weighted by molar-refractivity contribution is -0.384. The molecule has 2 heterocycles. The van der Waals surface area contributed by atoms with Gasteiger partial charge in [-0.25, -0.2) is 9.38 Å². The van der Waals surface area contributed by atoms with Crippen LogP contribution in [0.5, 0.6) is 0 Å². The lowest BCUT2D eigenvalue weighted by Crippen LogP contribution is -2.19. The lowest BCUT2D eigenvalue weighted by atomic mass is 10.1. The van der Waals surface area contributed by atoms with E-state index in [0.29, 0.717) is 32.8 Å². The van der Waals surface area contributed by atoms with E-state index in [0.717, 1.165) is 11.8 Å². The summed E-state index contributed by atoms with van der Waals surface area (Å²) in [4.78, 5) is 27.5. The van der Waals surface area contributed by atoms with E-state index in [1.165, 1.54) is 36.4 Å². The van der Waals surface area contributed by atoms with E-state index in [2.05, 4.69) is 10.3 Å². The van der Waals surface area contributed by atoms with Gasteiger partial charge < -0.3 is 9.73 Å². The summed E-state index contributed by atoms with van der Waals surface area (Å²) in [6.45, 7) is 0. The predicted molar refractivity (Wildman–Crippen MR) is 108 cm³/mol. The summed E-state index contributed by atoms with van der Waals surface area (Å²) in [7, 11) is 0. The first-order valence-corrected chi connectivity index (χ1v) is 9.20. The second-order valence-corrected chi connectivity index (χ2v) is 6.97. The van der Waals surface area contributed by atoms with Gasteiger partial charge in [-0.2, -0.15) is 0 Å². The summed E-state index contributed by atoms with van der Waals surface area (Å²) in [5.41, 5.74) is 0.791. The van der Waals surface area contributed by atoms with Gasteiger partial charge in [0.2, 0.25) is 0 Å². The molecule has 0 spiro atoms. The normalized spacial score (nSPS) is 16.4. The number of halogens is 1. The van der Waals surface area contributed by atoms with Gasteiger partial charge in [0.1, 0.15) is 17.3 Å². The first-order chi connectivity index (χ1) is 14.0. The Morgan fingerprint density at radius 1 is 1.10 bits per heavy atom. The number of nitrogens with zero attached hydrogens (tertiary/aromatic N) is 2. The van der Waals surface area contributed by atoms with E-state index in [4.69, 9.17) is 4.42 Å². The minimum atomic E-state index is -0.478. The van der Waals surface area contributed by atoms with Crippen molar-refractivity contribution in [3.63, 3.8) is 0 Å². The molecule has 0 unspecified atom stereocenters. The minimum absolute atomic E-state index is 0.0669. The number of amides is 1. The standard InChI is InChI=1S/C20H12FN3O4S/c21-12-5-7-13(8-6-12)22-20-23-19(25)18(29-20)11-14-9-10-17(28-14)15-3-1-2-4-16(15)24(26)27/h1-11H,(H,22,23,25). The van der Waals surface area contributed by atoms with Crippen molar-refractivity contribution in [3.05, 3.63) is 87.3 Å². The first kappa shape index (κ1) is 18.6. The predicted octanol–water partition coefficient (Wildman–Crippen LogP) is 4.89. The number of rotatable bonds is 4. The van der Waals surface area contributed by atoms with Crippen LogP contribution in [0.25, 0.3) is 17.4 Å². The minimum Gasteiger partial charge on any atom is -0.456 e. The number of nitro groups is 1. The molecular formula is C20H12FN3O4S. The zero-order valence-corrected chi connectivity index (χ0v) is 15.5. The number of carbonyl (C=O) groups is 1. The van der Waals surface area contributed by atoms with E-state index < -0.39 is 4.92 Å². The number of nitro benzene ring substituents is 1. The fourth-order valence-corrected chi connectivity index (χ4v) is 3.48. The summed E-state index contributed by atoms with van der Waals surface area (Å²) < 4.78 is 18.7. The zero-order valence-electron chi connectivity index (χ0n) is 14.7. The Morgan fingerprint density at radius 3 is 2.62 bits per heavy atom. The quantitative estimate of drug-likeness (QED) is 0.376. The van der Waals surface area contributed by atoms with Crippen molar-refractivity contribution in [3.8, 4) is 11.3 Å². The van der Waals surface area contributed by atoms with Crippen molar-refractivity contribution in [1.82, 2.24) is 5.32 Å². The number of amidine groups is 1. The van der Waals surface area contributed by atoms with Gasteiger partial charge >= 0.3 is 0 Å². The van der Waals surface area contributed by atoms with Gasteiger partial charge in [0, 0.05) is 12.1 Å². The number of hydrogen-bond donors (Lipinski definition) is 1. The van der Waals surface area contributed by atoms with Gasteiger partial charge in [-0.15, -0.1) is 0 Å². The summed E-state index contributed by atoms with van der Waals surface area (Å²) in [5.74, 6) is -0.0176. The number of benzene rings is 2. The largest absolute Gasteiger partial charge is 0.456 e. The Bertz CT molecular complexity index is 1170. The molecule has 0 atom stereocenters. The Labute approximate surface area is 168 Å². The summed E-state index contributed by atoms with van der Waals surface area (Å²) >= 11 is 1.11. The fourth-order valence-electron chi connectivity index (χ4n) is 2.66. The van der Waals surface area contributed by atoms with Crippen LogP contribution in [-0.2, 0) is 4.79 Å². The molecule has 1 fully saturated rings. The van der Waals surface area contributed by atoms with Crippen molar-refractivity contribution in [2.45, 2.75) is 0 Å². The zero-order chi connectivity index (χ0) is 20.4. The van der Waals surface area contributed by atoms with Crippen LogP contribution in [0.2, 0.25) is 0 Å². The molecule has 144 valence electrons. The summed E-state index contributed by atoms with van der Waals surface area (Å²) in [6.07, 6.45) is 1.53. The molecule has 1 N–H and O–H groups in total. The molecular weight excluding hydrogens is 397 g/mol. The van der Waals surface area contributed by atoms with Crippen molar-refractivity contribution in [1.29, 1.82) is 0 Å². The average Bonchev–Trinajstić information content (AvgIpc) is 3.30. The van der Waals surface area contributed by atoms with Crippen LogP contribution < -0.4 is 5.32 Å². The Morgan fingerprint density at radius 2 is 1.86 bits per heavy atom. The third kappa shape index (κ3) is 4.09. The average molecular weight is 409 g/mol. The molecule has 7 nitrogen and oxygen atoms in total. The summed E-state index contributed by atoms with van der Waals surface area (Å²) in [5, 5.41) is 14.2. The Hall–Kier alpha value is -3.72. The molecule has 1 saturated heterocycles. The molecule has 1 aliphatic heterocycles. The van der Waals surface area contributed by atoms with E-state index in [1.54, 1.807) is 30.3 Å². The second kappa shape index (κ2) is 7.72. The van der Waals surface area contributed by atoms with Gasteiger partial charge in [-0.3, -0.25) is 14.9 Å². The van der Waals surface area contributed by atoms with E-state index in [1.807, 2.05) is 0 Å². The number of thioether (sulfide) groups is 1. The monoisotopic (exact) mass is 409 g/mol. The molecule has 1 amide bonds. The maximum absolute atomic E-state index is 13.0. The topological polar surface area (TPSA) is 97.7 Å². The third-order valence-electron chi connectivity index (χ3n) is 3.97. The van der Waals surface area contributed by atoms with Crippen LogP contribution in [0.1, 0.15) is 5.76 Å². The van der Waals surface area contributed by atoms with E-state index in [-0.39, 0.29) is 17.4 Å². The van der Waals surface area contributed by atoms with Crippen LogP contribution in [0, 0.1) is 15.9 Å². The Kier molecular flexibility index (Phi) is 4.96. The summed E-state index contributed by atoms with van der Waals surface area (Å²) in [6, 6.07) is 15.1. The van der Waals surface area contributed by atoms with Crippen LogP contribution in [-0.4, -0.2) is 16.0 Å². The number of furan rings is 1. The van der Waals surface area contributed by atoms with E-state index >= 15 is 0 Å². The van der Waals surface area contributed by atoms with Crippen LogP contribution in [0.15, 0.2) is 75.0 Å². The van der Waals surface area contributed by atoms with Gasteiger partial charge in [0.15, 0.2) is 5.17 Å². The smallest absolute Gasteiger partial charge is 0.280 e. The van der Waals surface area contributed by atoms with E-state index in [9.17, 15) is 19.3 Å². The van der Waals surface area contributed by atoms with Crippen molar-refractivity contribution in [2.24, 2.45) is 4.99 Å². The molecule has 4 rings (SSSR count). The van der Waals surface area contributed by atoms with Gasteiger partial charge in [0.05, 0.1) is 21.1 Å². The molecule has 9 heteroatoms. The first-order valence-electron chi connectivity index (χ1n) is 8.38. The van der Waals surface area contributed by atoms with Crippen LogP contribution >= 0.6 is 11.8 Å². The van der Waals surface area contributed by atoms with Crippen molar-refractivity contribution < 1.29 is 18.5 Å². The number of aliphatic imine (C=N–C) groups is 1. The highest BCUT2D eigenvalue weighted by atomic mass is 32.2. The van der Waals surface area contributed by atoms with Crippen LogP contribution in [0.4, 0.5) is 15.8 Å². The van der Waals surface area contributed by atoms with Gasteiger partial charge in [-0.05, 0) is 54.2 Å². The van der Waals surface area contributed by atoms with Crippen molar-refractivity contribution >= 4 is 40.3 Å². The molecule has 0 bridgehead atoms. The molecule has 0 aliphatic carbocycles. The highest BCUT2D eigenvalue weighted by Gasteiger charge is 2.24. The second-order valence-electron chi connectivity index (χ2n) is 5.93. The lowest BCUT2D eigenvalue weighted by Gasteiger charge is -1.98. The molecule has 0 radical (unpaired) electrons. The number of hydrogen-bond acceptors (Lipinski definition) is 6. The molecule has 1 aromatic heterocycles. The number of nitrogens with one attached hydrogen (secondary N) is 1. The molecule has 1 aliphatic rings.